The second-order valence-corrected chi connectivity index (χ2v) is 1.93. The Morgan fingerprint density at radius 1 is 1.50 bits per heavy atom. The first-order valence-electron chi connectivity index (χ1n) is 3.03. The fraction of sp³-hybridized carbons (Fsp3) is 0.143. The molecule has 0 aliphatic carbocycles. The summed E-state index contributed by atoms with van der Waals surface area (Å²) in [5.41, 5.74) is -0.00463. The molecule has 0 N–H and O–H groups in total. The van der Waals surface area contributed by atoms with E-state index in [1.54, 1.807) is 18.2 Å². The number of hydrogen-bond acceptors (Lipinski definition) is 3. The third kappa shape index (κ3) is 2.48. The number of ether oxygens (including phenoxy) is 1. The molecular formula is C7H8NNaO3. The average molecular weight is 177 g/mol. The van der Waals surface area contributed by atoms with Gasteiger partial charge in [-0.25, -0.2) is 0 Å². The number of nitro benzene ring substituents is 1. The molecule has 0 radical (unpaired) electrons. The van der Waals surface area contributed by atoms with Crippen molar-refractivity contribution in [3.8, 4) is 5.75 Å². The first-order chi connectivity index (χ1) is 5.25. The van der Waals surface area contributed by atoms with Crippen molar-refractivity contribution in [3.05, 3.63) is 34.4 Å². The van der Waals surface area contributed by atoms with Crippen LogP contribution < -0.4 is 34.3 Å². The van der Waals surface area contributed by atoms with Crippen LogP contribution in [0.1, 0.15) is 1.43 Å². The summed E-state index contributed by atoms with van der Waals surface area (Å²) in [5, 5.41) is 10.3. The predicted octanol–water partition coefficient (Wildman–Crippen LogP) is -1.28. The maximum Gasteiger partial charge on any atom is 1.00 e. The van der Waals surface area contributed by atoms with Crippen molar-refractivity contribution in [2.24, 2.45) is 0 Å². The second kappa shape index (κ2) is 5.13. The number of methoxy groups -OCH3 is 1. The largest absolute Gasteiger partial charge is 1.00 e. The normalized spacial score (nSPS) is 8.42. The summed E-state index contributed by atoms with van der Waals surface area (Å²) < 4.78 is 4.76. The molecule has 0 atom stereocenters. The van der Waals surface area contributed by atoms with Crippen molar-refractivity contribution >= 4 is 5.69 Å². The van der Waals surface area contributed by atoms with Crippen LogP contribution in [0, 0.1) is 10.1 Å². The van der Waals surface area contributed by atoms with Gasteiger partial charge in [0.05, 0.1) is 12.0 Å². The molecule has 5 heteroatoms. The Morgan fingerprint density at radius 3 is 2.50 bits per heavy atom. The monoisotopic (exact) mass is 177 g/mol. The van der Waals surface area contributed by atoms with Crippen LogP contribution in [0.3, 0.4) is 0 Å². The zero-order valence-electron chi connectivity index (χ0n) is 7.98. The number of para-hydroxylation sites is 2. The van der Waals surface area contributed by atoms with Gasteiger partial charge in [-0.15, -0.1) is 0 Å². The van der Waals surface area contributed by atoms with Crippen LogP contribution in [0.15, 0.2) is 24.3 Å². The van der Waals surface area contributed by atoms with E-state index in [0.29, 0.717) is 0 Å². The second-order valence-electron chi connectivity index (χ2n) is 1.93. The van der Waals surface area contributed by atoms with Gasteiger partial charge < -0.3 is 6.16 Å². The van der Waals surface area contributed by atoms with Gasteiger partial charge >= 0.3 is 35.2 Å². The van der Waals surface area contributed by atoms with Gasteiger partial charge in [-0.1, -0.05) is 12.1 Å². The van der Waals surface area contributed by atoms with Crippen molar-refractivity contribution in [2.75, 3.05) is 7.11 Å². The minimum atomic E-state index is -0.473. The summed E-state index contributed by atoms with van der Waals surface area (Å²) in [6.07, 6.45) is 0. The Bertz CT molecular complexity index is 282. The van der Waals surface area contributed by atoms with E-state index in [9.17, 15) is 10.1 Å². The van der Waals surface area contributed by atoms with Gasteiger partial charge in [0.15, 0.2) is 5.75 Å². The molecule has 0 aromatic heterocycles. The molecule has 0 saturated heterocycles. The summed E-state index contributed by atoms with van der Waals surface area (Å²) >= 11 is 0. The zero-order chi connectivity index (χ0) is 8.27. The molecule has 0 amide bonds. The SMILES string of the molecule is COc1ccccc1[N+](=O)[O-].[H-].[Na+]. The molecule has 1 aromatic carbocycles. The molecule has 0 bridgehead atoms. The van der Waals surface area contributed by atoms with E-state index >= 15 is 0 Å². The van der Waals surface area contributed by atoms with E-state index in [4.69, 9.17) is 4.74 Å². The van der Waals surface area contributed by atoms with E-state index in [2.05, 4.69) is 0 Å². The summed E-state index contributed by atoms with van der Waals surface area (Å²) in [7, 11) is 1.41. The number of rotatable bonds is 2. The van der Waals surface area contributed by atoms with Crippen LogP contribution in [-0.4, -0.2) is 12.0 Å². The smallest absolute Gasteiger partial charge is 1.00 e. The Morgan fingerprint density at radius 2 is 2.08 bits per heavy atom. The Kier molecular flexibility index (Phi) is 4.89. The standard InChI is InChI=1S/C7H7NO3.Na.H/c1-11-7-5-3-2-4-6(7)8(9)10;;/h2-5H,1H3;;/q;+1;-1. The fourth-order valence-corrected chi connectivity index (χ4v) is 0.781. The Labute approximate surface area is 93.5 Å². The number of nitrogens with zero attached hydrogens (tertiary/aromatic N) is 1. The summed E-state index contributed by atoms with van der Waals surface area (Å²) in [4.78, 5) is 9.83. The number of nitro groups is 1. The molecule has 12 heavy (non-hydrogen) atoms. The fourth-order valence-electron chi connectivity index (χ4n) is 0.781. The quantitative estimate of drug-likeness (QED) is 0.321. The minimum Gasteiger partial charge on any atom is -1.00 e. The topological polar surface area (TPSA) is 52.4 Å². The van der Waals surface area contributed by atoms with Crippen LogP contribution in [0.25, 0.3) is 0 Å². The Balaban J connectivity index is 0. The predicted molar refractivity (Wildman–Crippen MR) is 40.8 cm³/mol. The van der Waals surface area contributed by atoms with E-state index in [1.165, 1.54) is 13.2 Å². The first kappa shape index (κ1) is 11.4. The maximum atomic E-state index is 10.3. The molecular weight excluding hydrogens is 169 g/mol. The van der Waals surface area contributed by atoms with Crippen LogP contribution in [0.2, 0.25) is 0 Å². The molecule has 0 spiro atoms. The van der Waals surface area contributed by atoms with Crippen molar-refractivity contribution in [1.82, 2.24) is 0 Å². The van der Waals surface area contributed by atoms with E-state index in [1.807, 2.05) is 0 Å². The molecule has 0 heterocycles. The molecule has 60 valence electrons. The number of hydrogen-bond donors (Lipinski definition) is 0. The molecule has 0 unspecified atom stereocenters. The zero-order valence-corrected chi connectivity index (χ0v) is 8.98. The average Bonchev–Trinajstić information content (AvgIpc) is 2.04. The molecule has 1 rings (SSSR count). The van der Waals surface area contributed by atoms with Crippen molar-refractivity contribution < 1.29 is 40.6 Å². The molecule has 0 fully saturated rings. The van der Waals surface area contributed by atoms with Crippen molar-refractivity contribution in [2.45, 2.75) is 0 Å². The van der Waals surface area contributed by atoms with Crippen LogP contribution in [0.4, 0.5) is 5.69 Å². The van der Waals surface area contributed by atoms with Crippen LogP contribution >= 0.6 is 0 Å². The van der Waals surface area contributed by atoms with Crippen LogP contribution in [-0.2, 0) is 0 Å². The van der Waals surface area contributed by atoms with Gasteiger partial charge in [0.1, 0.15) is 0 Å². The Hall–Kier alpha value is -0.580. The van der Waals surface area contributed by atoms with Gasteiger partial charge in [0.2, 0.25) is 0 Å². The molecule has 0 aliphatic rings. The molecule has 0 saturated carbocycles. The first-order valence-corrected chi connectivity index (χ1v) is 3.03. The van der Waals surface area contributed by atoms with Gasteiger partial charge in [-0.05, 0) is 6.07 Å². The van der Waals surface area contributed by atoms with E-state index in [-0.39, 0.29) is 42.4 Å². The van der Waals surface area contributed by atoms with Crippen molar-refractivity contribution in [1.29, 1.82) is 0 Å². The molecule has 0 aliphatic heterocycles. The van der Waals surface area contributed by atoms with Gasteiger partial charge in [0.25, 0.3) is 0 Å². The van der Waals surface area contributed by atoms with Crippen molar-refractivity contribution in [3.63, 3.8) is 0 Å². The van der Waals surface area contributed by atoms with Gasteiger partial charge in [0, 0.05) is 6.07 Å². The molecule has 1 aromatic rings. The third-order valence-corrected chi connectivity index (χ3v) is 1.28. The summed E-state index contributed by atoms with van der Waals surface area (Å²) in [6, 6.07) is 6.24. The summed E-state index contributed by atoms with van der Waals surface area (Å²) in [5.74, 6) is 0.289. The van der Waals surface area contributed by atoms with Gasteiger partial charge in [-0.2, -0.15) is 0 Å². The third-order valence-electron chi connectivity index (χ3n) is 1.28. The summed E-state index contributed by atoms with van der Waals surface area (Å²) in [6.45, 7) is 0. The van der Waals surface area contributed by atoms with E-state index in [0.717, 1.165) is 0 Å². The van der Waals surface area contributed by atoms with Gasteiger partial charge in [-0.3, -0.25) is 10.1 Å². The van der Waals surface area contributed by atoms with E-state index < -0.39 is 4.92 Å². The maximum absolute atomic E-state index is 10.3. The molecule has 4 nitrogen and oxygen atoms in total. The minimum absolute atomic E-state index is 0. The van der Waals surface area contributed by atoms with Crippen LogP contribution in [0.5, 0.6) is 5.75 Å². The number of benzene rings is 1.